The van der Waals surface area contributed by atoms with Crippen molar-refractivity contribution in [2.75, 3.05) is 38.2 Å². The topological polar surface area (TPSA) is 37.4 Å². The fraction of sp³-hybridized carbons (Fsp3) is 0.500. The van der Waals surface area contributed by atoms with Crippen molar-refractivity contribution in [3.63, 3.8) is 0 Å². The first-order valence-electron chi connectivity index (χ1n) is 4.85. The van der Waals surface area contributed by atoms with Gasteiger partial charge in [0.1, 0.15) is 0 Å². The highest BCUT2D eigenvalue weighted by Gasteiger charge is 2.13. The summed E-state index contributed by atoms with van der Waals surface area (Å²) < 4.78 is 5.27. The second-order valence-electron chi connectivity index (χ2n) is 3.28. The molecule has 2 rings (SSSR count). The van der Waals surface area contributed by atoms with E-state index in [1.165, 1.54) is 0 Å². The van der Waals surface area contributed by atoms with E-state index in [2.05, 4.69) is 15.2 Å². The highest BCUT2D eigenvalue weighted by molar-refractivity contribution is 5.85. The molecule has 0 spiro atoms. The average Bonchev–Trinajstić information content (AvgIpc) is 2.30. The van der Waals surface area contributed by atoms with Crippen LogP contribution in [-0.2, 0) is 0 Å². The number of methoxy groups -OCH3 is 1. The molecule has 1 aliphatic rings. The Hall–Kier alpha value is -0.710. The largest absolute Gasteiger partial charge is 0.493 e. The Morgan fingerprint density at radius 2 is 2.00 bits per heavy atom. The van der Waals surface area contributed by atoms with Crippen molar-refractivity contribution in [3.05, 3.63) is 18.5 Å². The summed E-state index contributed by atoms with van der Waals surface area (Å²) in [5, 5.41) is 3.32. The third kappa shape index (κ3) is 3.40. The summed E-state index contributed by atoms with van der Waals surface area (Å²) in [4.78, 5) is 6.36. The SMILES string of the molecule is COc1cnccc1N1CCNCC1.Cl.Cl. The predicted molar refractivity (Wildman–Crippen MR) is 70.4 cm³/mol. The molecule has 0 bridgehead atoms. The molecule has 1 saturated heterocycles. The van der Waals surface area contributed by atoms with Crippen LogP contribution in [0.15, 0.2) is 18.5 Å². The molecule has 1 aromatic heterocycles. The highest BCUT2D eigenvalue weighted by atomic mass is 35.5. The van der Waals surface area contributed by atoms with Crippen LogP contribution in [0.5, 0.6) is 5.75 Å². The predicted octanol–water partition coefficient (Wildman–Crippen LogP) is 1.34. The van der Waals surface area contributed by atoms with E-state index in [4.69, 9.17) is 4.74 Å². The molecule has 0 aromatic carbocycles. The molecule has 16 heavy (non-hydrogen) atoms. The zero-order valence-electron chi connectivity index (χ0n) is 9.18. The standard InChI is InChI=1S/C10H15N3O.2ClH/c1-14-10-8-12-3-2-9(10)13-6-4-11-5-7-13;;/h2-3,8,11H,4-7H2,1H3;2*1H. The lowest BCUT2D eigenvalue weighted by Gasteiger charge is -2.30. The number of hydrogen-bond donors (Lipinski definition) is 1. The first-order valence-corrected chi connectivity index (χ1v) is 4.85. The van der Waals surface area contributed by atoms with Crippen LogP contribution in [-0.4, -0.2) is 38.3 Å². The normalized spacial score (nSPS) is 14.7. The van der Waals surface area contributed by atoms with Gasteiger partial charge in [0.05, 0.1) is 19.0 Å². The summed E-state index contributed by atoms with van der Waals surface area (Å²) in [5.41, 5.74) is 1.14. The summed E-state index contributed by atoms with van der Waals surface area (Å²) >= 11 is 0. The van der Waals surface area contributed by atoms with Crippen molar-refractivity contribution < 1.29 is 4.74 Å². The number of rotatable bonds is 2. The van der Waals surface area contributed by atoms with Crippen LogP contribution in [0.1, 0.15) is 0 Å². The van der Waals surface area contributed by atoms with Gasteiger partial charge < -0.3 is 15.0 Å². The maximum Gasteiger partial charge on any atom is 0.160 e. The number of nitrogens with one attached hydrogen (secondary N) is 1. The Bertz CT molecular complexity index is 306. The number of piperazine rings is 1. The van der Waals surface area contributed by atoms with Crippen molar-refractivity contribution in [2.45, 2.75) is 0 Å². The van der Waals surface area contributed by atoms with Gasteiger partial charge in [-0.2, -0.15) is 0 Å². The summed E-state index contributed by atoms with van der Waals surface area (Å²) in [6.45, 7) is 4.12. The third-order valence-electron chi connectivity index (χ3n) is 2.44. The van der Waals surface area contributed by atoms with Gasteiger partial charge >= 0.3 is 0 Å². The molecule has 0 amide bonds. The van der Waals surface area contributed by atoms with Crippen molar-refractivity contribution >= 4 is 30.5 Å². The fourth-order valence-corrected chi connectivity index (χ4v) is 1.70. The molecule has 2 heterocycles. The highest BCUT2D eigenvalue weighted by Crippen LogP contribution is 2.26. The minimum Gasteiger partial charge on any atom is -0.493 e. The lowest BCUT2D eigenvalue weighted by Crippen LogP contribution is -2.43. The quantitative estimate of drug-likeness (QED) is 0.876. The number of ether oxygens (including phenoxy) is 1. The Kier molecular flexibility index (Phi) is 7.21. The molecule has 1 aromatic rings. The fourth-order valence-electron chi connectivity index (χ4n) is 1.70. The number of pyridine rings is 1. The molecule has 0 radical (unpaired) electrons. The zero-order chi connectivity index (χ0) is 9.80. The van der Waals surface area contributed by atoms with Crippen LogP contribution >= 0.6 is 24.8 Å². The molecule has 6 heteroatoms. The molecule has 1 fully saturated rings. The van der Waals surface area contributed by atoms with Gasteiger partial charge in [0.15, 0.2) is 5.75 Å². The Morgan fingerprint density at radius 3 is 2.62 bits per heavy atom. The number of hydrogen-bond acceptors (Lipinski definition) is 4. The second kappa shape index (κ2) is 7.54. The Labute approximate surface area is 108 Å². The van der Waals surface area contributed by atoms with Crippen LogP contribution in [0.25, 0.3) is 0 Å². The van der Waals surface area contributed by atoms with Crippen LogP contribution in [0, 0.1) is 0 Å². The van der Waals surface area contributed by atoms with E-state index < -0.39 is 0 Å². The average molecular weight is 266 g/mol. The number of nitrogens with zero attached hydrogens (tertiary/aromatic N) is 2. The number of aromatic nitrogens is 1. The summed E-state index contributed by atoms with van der Waals surface area (Å²) in [7, 11) is 1.68. The van der Waals surface area contributed by atoms with Crippen LogP contribution < -0.4 is 15.0 Å². The third-order valence-corrected chi connectivity index (χ3v) is 2.44. The Morgan fingerprint density at radius 1 is 1.31 bits per heavy atom. The van der Waals surface area contributed by atoms with Crippen molar-refractivity contribution in [1.82, 2.24) is 10.3 Å². The number of anilines is 1. The maximum absolute atomic E-state index is 5.27. The summed E-state index contributed by atoms with van der Waals surface area (Å²) in [6, 6.07) is 2.00. The molecular formula is C10H17Cl2N3O. The monoisotopic (exact) mass is 265 g/mol. The second-order valence-corrected chi connectivity index (χ2v) is 3.28. The summed E-state index contributed by atoms with van der Waals surface area (Å²) in [5.74, 6) is 0.856. The first kappa shape index (κ1) is 15.3. The van der Waals surface area contributed by atoms with Crippen molar-refractivity contribution in [3.8, 4) is 5.75 Å². The molecule has 1 N–H and O–H groups in total. The van der Waals surface area contributed by atoms with Crippen LogP contribution in [0.2, 0.25) is 0 Å². The van der Waals surface area contributed by atoms with E-state index in [-0.39, 0.29) is 24.8 Å². The van der Waals surface area contributed by atoms with Crippen molar-refractivity contribution in [2.24, 2.45) is 0 Å². The minimum absolute atomic E-state index is 0. The van der Waals surface area contributed by atoms with Crippen molar-refractivity contribution in [1.29, 1.82) is 0 Å². The first-order chi connectivity index (χ1) is 6.92. The molecule has 4 nitrogen and oxygen atoms in total. The van der Waals surface area contributed by atoms with Gasteiger partial charge in [0.25, 0.3) is 0 Å². The van der Waals surface area contributed by atoms with E-state index in [1.54, 1.807) is 19.5 Å². The van der Waals surface area contributed by atoms with Gasteiger partial charge in [-0.15, -0.1) is 24.8 Å². The van der Waals surface area contributed by atoms with E-state index in [0.717, 1.165) is 37.6 Å². The van der Waals surface area contributed by atoms with E-state index in [9.17, 15) is 0 Å². The van der Waals surface area contributed by atoms with Gasteiger partial charge in [-0.3, -0.25) is 4.98 Å². The van der Waals surface area contributed by atoms with Gasteiger partial charge in [0.2, 0.25) is 0 Å². The van der Waals surface area contributed by atoms with Gasteiger partial charge in [0, 0.05) is 32.4 Å². The number of halogens is 2. The lowest BCUT2D eigenvalue weighted by molar-refractivity contribution is 0.411. The molecule has 92 valence electrons. The molecule has 1 aliphatic heterocycles. The Balaban J connectivity index is 0.00000112. The molecule has 0 aliphatic carbocycles. The molecule has 0 unspecified atom stereocenters. The lowest BCUT2D eigenvalue weighted by atomic mass is 10.3. The molecule has 0 atom stereocenters. The zero-order valence-corrected chi connectivity index (χ0v) is 10.8. The van der Waals surface area contributed by atoms with E-state index in [1.807, 2.05) is 6.07 Å². The van der Waals surface area contributed by atoms with Crippen LogP contribution in [0.3, 0.4) is 0 Å². The van der Waals surface area contributed by atoms with E-state index in [0.29, 0.717) is 0 Å². The molecule has 0 saturated carbocycles. The van der Waals surface area contributed by atoms with E-state index >= 15 is 0 Å². The summed E-state index contributed by atoms with van der Waals surface area (Å²) in [6.07, 6.45) is 3.57. The van der Waals surface area contributed by atoms with Gasteiger partial charge in [-0.25, -0.2) is 0 Å². The smallest absolute Gasteiger partial charge is 0.160 e. The molecular weight excluding hydrogens is 249 g/mol. The maximum atomic E-state index is 5.27. The minimum atomic E-state index is 0. The van der Waals surface area contributed by atoms with Gasteiger partial charge in [-0.05, 0) is 6.07 Å². The van der Waals surface area contributed by atoms with Crippen LogP contribution in [0.4, 0.5) is 5.69 Å². The van der Waals surface area contributed by atoms with Gasteiger partial charge in [-0.1, -0.05) is 0 Å².